The van der Waals surface area contributed by atoms with Gasteiger partial charge in [-0.05, 0) is 38.3 Å². The van der Waals surface area contributed by atoms with Crippen molar-refractivity contribution in [3.05, 3.63) is 23.8 Å². The Bertz CT molecular complexity index is 557. The molecule has 0 spiro atoms. The Kier molecular flexibility index (Phi) is 5.06. The number of rotatable bonds is 7. The topological polar surface area (TPSA) is 50.8 Å². The summed E-state index contributed by atoms with van der Waals surface area (Å²) < 4.78 is 10.8. The van der Waals surface area contributed by atoms with Crippen LogP contribution in [0, 0.1) is 0 Å². The van der Waals surface area contributed by atoms with Crippen molar-refractivity contribution >= 4 is 5.91 Å². The van der Waals surface area contributed by atoms with Gasteiger partial charge in [0, 0.05) is 36.7 Å². The SMILES string of the molecule is COc1ccc([C@@H]2CCCN2CCC(=O)NC2CC2)c(OC)c1. The molecular weight excluding hydrogens is 292 g/mol. The van der Waals surface area contributed by atoms with E-state index in [1.54, 1.807) is 14.2 Å². The molecule has 0 unspecified atom stereocenters. The smallest absolute Gasteiger partial charge is 0.221 e. The number of ether oxygens (including phenoxy) is 2. The molecule has 2 aliphatic rings. The third-order valence-electron chi connectivity index (χ3n) is 4.73. The van der Waals surface area contributed by atoms with E-state index in [-0.39, 0.29) is 5.91 Å². The fraction of sp³-hybridized carbons (Fsp3) is 0.611. The van der Waals surface area contributed by atoms with Crippen molar-refractivity contribution in [1.82, 2.24) is 10.2 Å². The highest BCUT2D eigenvalue weighted by molar-refractivity contribution is 5.76. The fourth-order valence-electron chi connectivity index (χ4n) is 3.31. The summed E-state index contributed by atoms with van der Waals surface area (Å²) in [5.74, 6) is 1.85. The van der Waals surface area contributed by atoms with Gasteiger partial charge in [-0.1, -0.05) is 6.07 Å². The lowest BCUT2D eigenvalue weighted by Gasteiger charge is -2.26. The van der Waals surface area contributed by atoms with Crippen molar-refractivity contribution in [2.75, 3.05) is 27.3 Å². The second-order valence-corrected chi connectivity index (χ2v) is 6.39. The normalized spacial score (nSPS) is 21.2. The lowest BCUT2D eigenvalue weighted by molar-refractivity contribution is -0.121. The Labute approximate surface area is 137 Å². The van der Waals surface area contributed by atoms with Crippen LogP contribution in [0.4, 0.5) is 0 Å². The summed E-state index contributed by atoms with van der Waals surface area (Å²) in [6.45, 7) is 1.84. The summed E-state index contributed by atoms with van der Waals surface area (Å²) in [6.07, 6.45) is 5.12. The minimum atomic E-state index is 0.180. The monoisotopic (exact) mass is 318 g/mol. The van der Waals surface area contributed by atoms with Gasteiger partial charge in [-0.15, -0.1) is 0 Å². The van der Waals surface area contributed by atoms with Crippen molar-refractivity contribution in [3.8, 4) is 11.5 Å². The minimum absolute atomic E-state index is 0.180. The summed E-state index contributed by atoms with van der Waals surface area (Å²) in [5, 5.41) is 3.06. The number of likely N-dealkylation sites (tertiary alicyclic amines) is 1. The summed E-state index contributed by atoms with van der Waals surface area (Å²) in [6, 6.07) is 6.77. The molecule has 0 bridgehead atoms. The molecule has 1 aliphatic heterocycles. The van der Waals surface area contributed by atoms with E-state index in [1.165, 1.54) is 5.56 Å². The molecule has 1 aromatic rings. The Morgan fingerprint density at radius 2 is 2.09 bits per heavy atom. The molecule has 0 aromatic heterocycles. The van der Waals surface area contributed by atoms with E-state index < -0.39 is 0 Å². The van der Waals surface area contributed by atoms with Gasteiger partial charge < -0.3 is 14.8 Å². The summed E-state index contributed by atoms with van der Waals surface area (Å²) in [5.41, 5.74) is 1.19. The van der Waals surface area contributed by atoms with Crippen LogP contribution in [0.1, 0.15) is 43.7 Å². The first-order valence-corrected chi connectivity index (χ1v) is 8.46. The maximum Gasteiger partial charge on any atom is 0.221 e. The van der Waals surface area contributed by atoms with Gasteiger partial charge >= 0.3 is 0 Å². The highest BCUT2D eigenvalue weighted by Gasteiger charge is 2.29. The number of carbonyl (C=O) groups excluding carboxylic acids is 1. The maximum absolute atomic E-state index is 11.9. The third-order valence-corrected chi connectivity index (χ3v) is 4.73. The van der Waals surface area contributed by atoms with Crippen molar-refractivity contribution in [3.63, 3.8) is 0 Å². The highest BCUT2D eigenvalue weighted by atomic mass is 16.5. The predicted molar refractivity (Wildman–Crippen MR) is 88.9 cm³/mol. The average Bonchev–Trinajstić information content (AvgIpc) is 3.26. The summed E-state index contributed by atoms with van der Waals surface area (Å²) >= 11 is 0. The van der Waals surface area contributed by atoms with Gasteiger partial charge in [0.15, 0.2) is 0 Å². The van der Waals surface area contributed by atoms with Crippen LogP contribution in [0.2, 0.25) is 0 Å². The number of nitrogens with zero attached hydrogens (tertiary/aromatic N) is 1. The van der Waals surface area contributed by atoms with E-state index in [0.717, 1.165) is 50.3 Å². The third kappa shape index (κ3) is 3.96. The molecule has 1 heterocycles. The zero-order valence-electron chi connectivity index (χ0n) is 14.0. The van der Waals surface area contributed by atoms with Crippen LogP contribution >= 0.6 is 0 Å². The molecule has 5 heteroatoms. The van der Waals surface area contributed by atoms with Crippen LogP contribution in [0.25, 0.3) is 0 Å². The second-order valence-electron chi connectivity index (χ2n) is 6.39. The van der Waals surface area contributed by atoms with Gasteiger partial charge in [0.2, 0.25) is 5.91 Å². The van der Waals surface area contributed by atoms with Crippen LogP contribution in [0.15, 0.2) is 18.2 Å². The van der Waals surface area contributed by atoms with E-state index in [1.807, 2.05) is 12.1 Å². The van der Waals surface area contributed by atoms with Gasteiger partial charge in [-0.2, -0.15) is 0 Å². The van der Waals surface area contributed by atoms with E-state index in [0.29, 0.717) is 18.5 Å². The second kappa shape index (κ2) is 7.21. The van der Waals surface area contributed by atoms with Gasteiger partial charge in [0.1, 0.15) is 11.5 Å². The van der Waals surface area contributed by atoms with Crippen LogP contribution in [0.3, 0.4) is 0 Å². The Hall–Kier alpha value is -1.75. The number of carbonyl (C=O) groups is 1. The molecule has 126 valence electrons. The molecule has 1 aromatic carbocycles. The number of benzene rings is 1. The maximum atomic E-state index is 11.9. The lowest BCUT2D eigenvalue weighted by atomic mass is 10.0. The van der Waals surface area contributed by atoms with Crippen molar-refractivity contribution < 1.29 is 14.3 Å². The highest BCUT2D eigenvalue weighted by Crippen LogP contribution is 2.38. The summed E-state index contributed by atoms with van der Waals surface area (Å²) in [4.78, 5) is 14.3. The van der Waals surface area contributed by atoms with Gasteiger partial charge in [-0.3, -0.25) is 9.69 Å². The molecular formula is C18H26N2O3. The first-order valence-electron chi connectivity index (χ1n) is 8.46. The standard InChI is InChI=1S/C18H26N2O3/c1-22-14-7-8-15(17(12-14)23-2)16-4-3-10-20(16)11-9-18(21)19-13-5-6-13/h7-8,12-13,16H,3-6,9-11H2,1-2H3,(H,19,21)/t16-/m0/s1. The molecule has 1 saturated carbocycles. The zero-order valence-corrected chi connectivity index (χ0v) is 14.0. The largest absolute Gasteiger partial charge is 0.497 e. The number of hydrogen-bond acceptors (Lipinski definition) is 4. The Balaban J connectivity index is 1.64. The lowest BCUT2D eigenvalue weighted by Crippen LogP contribution is -2.31. The molecule has 1 aliphatic carbocycles. The zero-order chi connectivity index (χ0) is 16.2. The van der Waals surface area contributed by atoms with Crippen molar-refractivity contribution in [2.24, 2.45) is 0 Å². The Morgan fingerprint density at radius 3 is 2.78 bits per heavy atom. The quantitative estimate of drug-likeness (QED) is 0.839. The van der Waals surface area contributed by atoms with Crippen molar-refractivity contribution in [1.29, 1.82) is 0 Å². The number of nitrogens with one attached hydrogen (secondary N) is 1. The number of methoxy groups -OCH3 is 2. The first-order chi connectivity index (χ1) is 11.2. The molecule has 1 saturated heterocycles. The molecule has 3 rings (SSSR count). The van der Waals surface area contributed by atoms with E-state index in [2.05, 4.69) is 16.3 Å². The molecule has 0 radical (unpaired) electrons. The van der Waals surface area contributed by atoms with Crippen molar-refractivity contribution in [2.45, 2.75) is 44.2 Å². The van der Waals surface area contributed by atoms with Crippen LogP contribution < -0.4 is 14.8 Å². The van der Waals surface area contributed by atoms with E-state index in [9.17, 15) is 4.79 Å². The number of amides is 1. The average molecular weight is 318 g/mol. The van der Waals surface area contributed by atoms with Gasteiger partial charge in [0.05, 0.1) is 14.2 Å². The van der Waals surface area contributed by atoms with E-state index >= 15 is 0 Å². The molecule has 1 atom stereocenters. The molecule has 2 fully saturated rings. The van der Waals surface area contributed by atoms with Crippen LogP contribution in [-0.4, -0.2) is 44.2 Å². The van der Waals surface area contributed by atoms with Crippen LogP contribution in [-0.2, 0) is 4.79 Å². The number of hydrogen-bond donors (Lipinski definition) is 1. The summed E-state index contributed by atoms with van der Waals surface area (Å²) in [7, 11) is 3.36. The predicted octanol–water partition coefficient (Wildman–Crippen LogP) is 2.51. The molecule has 1 amide bonds. The molecule has 5 nitrogen and oxygen atoms in total. The van der Waals surface area contributed by atoms with E-state index in [4.69, 9.17) is 9.47 Å². The van der Waals surface area contributed by atoms with Gasteiger partial charge in [0.25, 0.3) is 0 Å². The van der Waals surface area contributed by atoms with Crippen LogP contribution in [0.5, 0.6) is 11.5 Å². The Morgan fingerprint density at radius 1 is 1.26 bits per heavy atom. The first kappa shape index (κ1) is 16.1. The minimum Gasteiger partial charge on any atom is -0.497 e. The molecule has 23 heavy (non-hydrogen) atoms. The van der Waals surface area contributed by atoms with Gasteiger partial charge in [-0.25, -0.2) is 0 Å². The fourth-order valence-corrected chi connectivity index (χ4v) is 3.31. The molecule has 1 N–H and O–H groups in total.